The van der Waals surface area contributed by atoms with Crippen LogP contribution < -0.4 is 5.32 Å². The molecule has 0 aliphatic carbocycles. The third-order valence-electron chi connectivity index (χ3n) is 3.43. The van der Waals surface area contributed by atoms with Crippen LogP contribution in [0.5, 0.6) is 0 Å². The highest BCUT2D eigenvalue weighted by atomic mass is 19.4. The van der Waals surface area contributed by atoms with Crippen LogP contribution in [0.2, 0.25) is 0 Å². The Morgan fingerprint density at radius 2 is 1.89 bits per heavy atom. The van der Waals surface area contributed by atoms with Crippen molar-refractivity contribution in [2.24, 2.45) is 0 Å². The van der Waals surface area contributed by atoms with E-state index in [1.54, 1.807) is 24.3 Å². The van der Waals surface area contributed by atoms with Gasteiger partial charge in [-0.2, -0.15) is 13.2 Å². The molecule has 1 aromatic rings. The summed E-state index contributed by atoms with van der Waals surface area (Å²) in [4.78, 5) is 0.602. The molecule has 1 aliphatic heterocycles. The summed E-state index contributed by atoms with van der Waals surface area (Å²) >= 11 is 0. The van der Waals surface area contributed by atoms with Gasteiger partial charge in [-0.1, -0.05) is 36.8 Å². The molecule has 5 heteroatoms. The second-order valence-electron chi connectivity index (χ2n) is 4.98. The summed E-state index contributed by atoms with van der Waals surface area (Å²) in [5.41, 5.74) is 0.690. The van der Waals surface area contributed by atoms with Crippen molar-refractivity contribution in [1.82, 2.24) is 10.2 Å². The number of halogens is 3. The second kappa shape index (κ2) is 6.39. The van der Waals surface area contributed by atoms with Crippen molar-refractivity contribution in [2.45, 2.75) is 38.1 Å². The average molecular weight is 272 g/mol. The molecule has 1 aliphatic rings. The highest BCUT2D eigenvalue weighted by molar-refractivity contribution is 5.14. The first-order valence-corrected chi connectivity index (χ1v) is 6.65. The van der Waals surface area contributed by atoms with E-state index in [1.165, 1.54) is 0 Å². The lowest BCUT2D eigenvalue weighted by atomic mass is 10.0. The smallest absolute Gasteiger partial charge is 0.313 e. The van der Waals surface area contributed by atoms with Crippen LogP contribution in [0.1, 0.15) is 24.8 Å². The van der Waals surface area contributed by atoms with Crippen LogP contribution in [-0.4, -0.2) is 30.3 Å². The molecule has 0 amide bonds. The van der Waals surface area contributed by atoms with Crippen LogP contribution in [-0.2, 0) is 6.54 Å². The first kappa shape index (κ1) is 14.3. The van der Waals surface area contributed by atoms with Gasteiger partial charge in [-0.15, -0.1) is 0 Å². The maximum atomic E-state index is 13.1. The molecular weight excluding hydrogens is 253 g/mol. The van der Waals surface area contributed by atoms with E-state index in [0.29, 0.717) is 10.5 Å². The molecule has 0 aromatic heterocycles. The monoisotopic (exact) mass is 272 g/mol. The van der Waals surface area contributed by atoms with Crippen molar-refractivity contribution in [3.63, 3.8) is 0 Å². The van der Waals surface area contributed by atoms with Gasteiger partial charge in [-0.25, -0.2) is 4.90 Å². The Labute approximate surface area is 111 Å². The Balaban J connectivity index is 1.99. The number of hydrogen-bond donors (Lipinski definition) is 1. The molecule has 0 unspecified atom stereocenters. The standard InChI is InChI=1S/C14H19F3N2/c15-14(16,17)19(10-12-6-2-1-3-7-12)11-13-8-4-5-9-18-13/h1-3,6-7,13,18H,4-5,8-11H2/t13-/m1/s1. The van der Waals surface area contributed by atoms with Gasteiger partial charge in [-0.05, 0) is 24.9 Å². The fourth-order valence-corrected chi connectivity index (χ4v) is 2.41. The molecule has 0 radical (unpaired) electrons. The number of hydrogen-bond acceptors (Lipinski definition) is 2. The number of rotatable bonds is 4. The molecule has 19 heavy (non-hydrogen) atoms. The van der Waals surface area contributed by atoms with Gasteiger partial charge in [0.2, 0.25) is 0 Å². The van der Waals surface area contributed by atoms with Gasteiger partial charge in [-0.3, -0.25) is 0 Å². The molecular formula is C14H19F3N2. The van der Waals surface area contributed by atoms with Crippen molar-refractivity contribution >= 4 is 0 Å². The number of nitrogens with one attached hydrogen (secondary N) is 1. The highest BCUT2D eigenvalue weighted by Gasteiger charge is 2.38. The number of nitrogens with zero attached hydrogens (tertiary/aromatic N) is 1. The summed E-state index contributed by atoms with van der Waals surface area (Å²) in [7, 11) is 0. The number of benzene rings is 1. The summed E-state index contributed by atoms with van der Waals surface area (Å²) < 4.78 is 39.2. The zero-order valence-electron chi connectivity index (χ0n) is 10.8. The summed E-state index contributed by atoms with van der Waals surface area (Å²) in [6.07, 6.45) is -1.40. The Hall–Kier alpha value is -1.07. The minimum atomic E-state index is -4.28. The van der Waals surface area contributed by atoms with E-state index in [2.05, 4.69) is 5.32 Å². The van der Waals surface area contributed by atoms with Gasteiger partial charge in [0.15, 0.2) is 0 Å². The number of piperidine rings is 1. The van der Waals surface area contributed by atoms with E-state index in [0.717, 1.165) is 25.8 Å². The zero-order valence-corrected chi connectivity index (χ0v) is 10.8. The van der Waals surface area contributed by atoms with Crippen molar-refractivity contribution < 1.29 is 13.2 Å². The highest BCUT2D eigenvalue weighted by Crippen LogP contribution is 2.25. The predicted octanol–water partition coefficient (Wildman–Crippen LogP) is 3.15. The van der Waals surface area contributed by atoms with E-state index in [9.17, 15) is 13.2 Å². The van der Waals surface area contributed by atoms with Crippen molar-refractivity contribution in [3.8, 4) is 0 Å². The van der Waals surface area contributed by atoms with E-state index >= 15 is 0 Å². The lowest BCUT2D eigenvalue weighted by Crippen LogP contribution is -2.48. The van der Waals surface area contributed by atoms with Gasteiger partial charge in [0.1, 0.15) is 0 Å². The van der Waals surface area contributed by atoms with Gasteiger partial charge in [0.05, 0.1) is 0 Å². The minimum absolute atomic E-state index is 0.0262. The van der Waals surface area contributed by atoms with E-state index in [4.69, 9.17) is 0 Å². The van der Waals surface area contributed by atoms with Crippen molar-refractivity contribution in [1.29, 1.82) is 0 Å². The second-order valence-corrected chi connectivity index (χ2v) is 4.98. The summed E-state index contributed by atoms with van der Waals surface area (Å²) in [6, 6.07) is 8.74. The summed E-state index contributed by atoms with van der Waals surface area (Å²) in [5, 5.41) is 3.17. The lowest BCUT2D eigenvalue weighted by molar-refractivity contribution is -0.251. The average Bonchev–Trinajstić information content (AvgIpc) is 2.39. The van der Waals surface area contributed by atoms with E-state index < -0.39 is 6.30 Å². The molecule has 0 saturated carbocycles. The summed E-state index contributed by atoms with van der Waals surface area (Å²) in [5.74, 6) is 0. The quantitative estimate of drug-likeness (QED) is 0.847. The molecule has 1 N–H and O–H groups in total. The molecule has 106 valence electrons. The Morgan fingerprint density at radius 3 is 2.47 bits per heavy atom. The maximum Gasteiger partial charge on any atom is 0.460 e. The number of alkyl halides is 3. The first-order chi connectivity index (χ1) is 9.05. The Morgan fingerprint density at radius 1 is 1.16 bits per heavy atom. The third-order valence-corrected chi connectivity index (χ3v) is 3.43. The van der Waals surface area contributed by atoms with Gasteiger partial charge < -0.3 is 5.32 Å². The van der Waals surface area contributed by atoms with Gasteiger partial charge >= 0.3 is 6.30 Å². The van der Waals surface area contributed by atoms with Crippen molar-refractivity contribution in [3.05, 3.63) is 35.9 Å². The van der Waals surface area contributed by atoms with Crippen LogP contribution in [0, 0.1) is 0 Å². The molecule has 1 heterocycles. The largest absolute Gasteiger partial charge is 0.460 e. The zero-order chi connectivity index (χ0) is 13.7. The van der Waals surface area contributed by atoms with Crippen LogP contribution in [0.3, 0.4) is 0 Å². The summed E-state index contributed by atoms with van der Waals surface area (Å²) in [6.45, 7) is 0.766. The van der Waals surface area contributed by atoms with Crippen molar-refractivity contribution in [2.75, 3.05) is 13.1 Å². The van der Waals surface area contributed by atoms with Crippen LogP contribution in [0.25, 0.3) is 0 Å². The molecule has 0 spiro atoms. The van der Waals surface area contributed by atoms with Gasteiger partial charge in [0.25, 0.3) is 0 Å². The maximum absolute atomic E-state index is 13.1. The third kappa shape index (κ3) is 4.51. The normalized spacial score (nSPS) is 20.7. The molecule has 2 rings (SSSR count). The Bertz CT molecular complexity index is 372. The molecule has 2 nitrogen and oxygen atoms in total. The molecule has 1 atom stereocenters. The van der Waals surface area contributed by atoms with Crippen LogP contribution >= 0.6 is 0 Å². The molecule has 1 aromatic carbocycles. The molecule has 1 saturated heterocycles. The topological polar surface area (TPSA) is 15.3 Å². The minimum Gasteiger partial charge on any atom is -0.313 e. The molecule has 1 fully saturated rings. The SMILES string of the molecule is FC(F)(F)N(Cc1ccccc1)C[C@H]1CCCCN1. The fourth-order valence-electron chi connectivity index (χ4n) is 2.41. The fraction of sp³-hybridized carbons (Fsp3) is 0.571. The Kier molecular flexibility index (Phi) is 4.82. The first-order valence-electron chi connectivity index (χ1n) is 6.65. The lowest BCUT2D eigenvalue weighted by Gasteiger charge is -2.31. The van der Waals surface area contributed by atoms with Crippen LogP contribution in [0.15, 0.2) is 30.3 Å². The van der Waals surface area contributed by atoms with E-state index in [-0.39, 0.29) is 19.1 Å². The van der Waals surface area contributed by atoms with E-state index in [1.807, 2.05) is 6.07 Å². The van der Waals surface area contributed by atoms with Gasteiger partial charge in [0, 0.05) is 19.1 Å². The predicted molar refractivity (Wildman–Crippen MR) is 68.5 cm³/mol. The van der Waals surface area contributed by atoms with Crippen LogP contribution in [0.4, 0.5) is 13.2 Å². The molecule has 0 bridgehead atoms.